The number of hydrogen-bond acceptors (Lipinski definition) is 5. The second-order valence-electron chi connectivity index (χ2n) is 5.36. The minimum absolute atomic E-state index is 0.0739. The number of aliphatic hydroxyl groups excluding tert-OH is 1. The zero-order valence-electron chi connectivity index (χ0n) is 12.4. The molecule has 0 bridgehead atoms. The van der Waals surface area contributed by atoms with Gasteiger partial charge in [-0.15, -0.1) is 0 Å². The minimum Gasteiger partial charge on any atom is -0.388 e. The van der Waals surface area contributed by atoms with Crippen LogP contribution < -0.4 is 0 Å². The first kappa shape index (κ1) is 16.0. The summed E-state index contributed by atoms with van der Waals surface area (Å²) < 4.78 is 4.24. The summed E-state index contributed by atoms with van der Waals surface area (Å²) in [6, 6.07) is 0.612. The van der Waals surface area contributed by atoms with Gasteiger partial charge in [-0.3, -0.25) is 4.90 Å². The van der Waals surface area contributed by atoms with Crippen molar-refractivity contribution in [1.82, 2.24) is 19.2 Å². The lowest BCUT2D eigenvalue weighted by Gasteiger charge is -2.24. The van der Waals surface area contributed by atoms with Crippen LogP contribution in [-0.2, 0) is 20.3 Å². The highest BCUT2D eigenvalue weighted by Gasteiger charge is 2.27. The third-order valence-electron chi connectivity index (χ3n) is 4.01. The van der Waals surface area contributed by atoms with Crippen LogP contribution in [-0.4, -0.2) is 48.4 Å². The van der Waals surface area contributed by atoms with E-state index < -0.39 is 0 Å². The maximum absolute atomic E-state index is 9.24. The fourth-order valence-corrected chi connectivity index (χ4v) is 4.13. The Bertz CT molecular complexity index is 499. The van der Waals surface area contributed by atoms with Crippen LogP contribution in [0.25, 0.3) is 0 Å². The molecular formula is C13H24N4OS2. The fourth-order valence-electron chi connectivity index (χ4n) is 2.79. The van der Waals surface area contributed by atoms with Crippen LogP contribution in [0.15, 0.2) is 0 Å². The number of rotatable bonds is 6. The molecule has 2 unspecified atom stereocenters. The molecule has 7 heteroatoms. The Hall–Kier alpha value is -0.370. The maximum atomic E-state index is 9.24. The van der Waals surface area contributed by atoms with E-state index in [4.69, 9.17) is 12.2 Å². The van der Waals surface area contributed by atoms with Gasteiger partial charge in [-0.25, -0.2) is 4.68 Å². The fraction of sp³-hybridized carbons (Fsp3) is 0.846. The van der Waals surface area contributed by atoms with Crippen molar-refractivity contribution in [3.63, 3.8) is 0 Å². The lowest BCUT2D eigenvalue weighted by Crippen LogP contribution is -2.32. The van der Waals surface area contributed by atoms with Crippen molar-refractivity contribution in [3.05, 3.63) is 10.6 Å². The van der Waals surface area contributed by atoms with Crippen molar-refractivity contribution in [1.29, 1.82) is 0 Å². The van der Waals surface area contributed by atoms with Crippen LogP contribution in [0.3, 0.4) is 0 Å². The highest BCUT2D eigenvalue weighted by Crippen LogP contribution is 2.32. The van der Waals surface area contributed by atoms with Crippen LogP contribution in [0.1, 0.15) is 32.0 Å². The van der Waals surface area contributed by atoms with E-state index in [0.717, 1.165) is 5.25 Å². The predicted octanol–water partition coefficient (Wildman–Crippen LogP) is 2.01. The Kier molecular flexibility index (Phi) is 5.65. The summed E-state index contributed by atoms with van der Waals surface area (Å²) in [5.41, 5.74) is 0. The monoisotopic (exact) mass is 316 g/mol. The second-order valence-corrected chi connectivity index (χ2v) is 7.30. The van der Waals surface area contributed by atoms with E-state index in [1.165, 1.54) is 25.0 Å². The van der Waals surface area contributed by atoms with Gasteiger partial charge in [0.1, 0.15) is 6.61 Å². The molecule has 1 fully saturated rings. The van der Waals surface area contributed by atoms with E-state index in [2.05, 4.69) is 35.7 Å². The molecule has 1 N–H and O–H groups in total. The maximum Gasteiger partial charge on any atom is 0.198 e. The molecular weight excluding hydrogens is 292 g/mol. The number of hydrogen-bond donors (Lipinski definition) is 1. The molecule has 2 rings (SSSR count). The highest BCUT2D eigenvalue weighted by molar-refractivity contribution is 7.99. The van der Waals surface area contributed by atoms with Crippen molar-refractivity contribution < 1.29 is 5.11 Å². The molecule has 0 spiro atoms. The highest BCUT2D eigenvalue weighted by atomic mass is 32.2. The van der Waals surface area contributed by atoms with E-state index in [-0.39, 0.29) is 6.61 Å². The number of aromatic nitrogens is 3. The van der Waals surface area contributed by atoms with Gasteiger partial charge < -0.3 is 9.67 Å². The average molecular weight is 316 g/mol. The number of aliphatic hydroxyl groups is 1. The van der Waals surface area contributed by atoms with E-state index in [0.29, 0.717) is 23.3 Å². The SMILES string of the molecule is CCSC1CCC(N(C)Cn2nc(CO)n(C)c2=S)C1. The first-order valence-corrected chi connectivity index (χ1v) is 8.57. The third-order valence-corrected chi connectivity index (χ3v) is 5.73. The molecule has 20 heavy (non-hydrogen) atoms. The molecule has 1 aliphatic carbocycles. The van der Waals surface area contributed by atoms with Crippen LogP contribution in [0.4, 0.5) is 0 Å². The normalized spacial score (nSPS) is 22.9. The number of nitrogens with zero attached hydrogens (tertiary/aromatic N) is 4. The van der Waals surface area contributed by atoms with Gasteiger partial charge in [-0.2, -0.15) is 16.9 Å². The number of thioether (sulfide) groups is 1. The predicted molar refractivity (Wildman–Crippen MR) is 85.3 cm³/mol. The van der Waals surface area contributed by atoms with Crippen LogP contribution in [0.5, 0.6) is 0 Å². The first-order chi connectivity index (χ1) is 9.56. The largest absolute Gasteiger partial charge is 0.388 e. The van der Waals surface area contributed by atoms with Gasteiger partial charge in [0.05, 0.1) is 6.67 Å². The Balaban J connectivity index is 1.98. The van der Waals surface area contributed by atoms with E-state index in [9.17, 15) is 5.11 Å². The van der Waals surface area contributed by atoms with Crippen molar-refractivity contribution in [3.8, 4) is 0 Å². The van der Waals surface area contributed by atoms with E-state index in [1.807, 2.05) is 7.05 Å². The molecule has 0 aliphatic heterocycles. The first-order valence-electron chi connectivity index (χ1n) is 7.12. The summed E-state index contributed by atoms with van der Waals surface area (Å²) in [7, 11) is 3.99. The van der Waals surface area contributed by atoms with Gasteiger partial charge in [0.2, 0.25) is 0 Å². The summed E-state index contributed by atoms with van der Waals surface area (Å²) >= 11 is 7.43. The molecule has 0 radical (unpaired) electrons. The van der Waals surface area contributed by atoms with Crippen LogP contribution >= 0.6 is 24.0 Å². The zero-order valence-corrected chi connectivity index (χ0v) is 14.1. The summed E-state index contributed by atoms with van der Waals surface area (Å²) in [5, 5.41) is 14.4. The van der Waals surface area contributed by atoms with Crippen molar-refractivity contribution >= 4 is 24.0 Å². The Morgan fingerprint density at radius 1 is 1.50 bits per heavy atom. The quantitative estimate of drug-likeness (QED) is 0.814. The van der Waals surface area contributed by atoms with Gasteiger partial charge in [-0.05, 0) is 44.3 Å². The van der Waals surface area contributed by atoms with Crippen molar-refractivity contribution in [2.24, 2.45) is 7.05 Å². The lowest BCUT2D eigenvalue weighted by atomic mass is 10.2. The van der Waals surface area contributed by atoms with Gasteiger partial charge in [0, 0.05) is 18.3 Å². The summed E-state index contributed by atoms with van der Waals surface area (Å²) in [6.07, 6.45) is 3.81. The van der Waals surface area contributed by atoms with Gasteiger partial charge in [0.15, 0.2) is 10.6 Å². The second kappa shape index (κ2) is 7.06. The smallest absolute Gasteiger partial charge is 0.198 e. The van der Waals surface area contributed by atoms with Gasteiger partial charge in [-0.1, -0.05) is 6.92 Å². The summed E-state index contributed by atoms with van der Waals surface area (Å²) in [6.45, 7) is 2.85. The third kappa shape index (κ3) is 3.44. The van der Waals surface area contributed by atoms with E-state index >= 15 is 0 Å². The standard InChI is InChI=1S/C13H24N4OS2/c1-4-20-11-6-5-10(7-11)15(2)9-17-13(19)16(3)12(8-18)14-17/h10-11,18H,4-9H2,1-3H3. The molecule has 2 atom stereocenters. The average Bonchev–Trinajstić information content (AvgIpc) is 2.99. The summed E-state index contributed by atoms with van der Waals surface area (Å²) in [4.78, 5) is 2.33. The Labute approximate surface area is 130 Å². The summed E-state index contributed by atoms with van der Waals surface area (Å²) in [5.74, 6) is 1.82. The van der Waals surface area contributed by atoms with Gasteiger partial charge >= 0.3 is 0 Å². The molecule has 1 aromatic heterocycles. The lowest BCUT2D eigenvalue weighted by molar-refractivity contribution is 0.183. The Morgan fingerprint density at radius 3 is 2.85 bits per heavy atom. The molecule has 0 amide bonds. The minimum atomic E-state index is -0.0739. The molecule has 1 aromatic rings. The van der Waals surface area contributed by atoms with Crippen molar-refractivity contribution in [2.45, 2.75) is 50.8 Å². The van der Waals surface area contributed by atoms with Gasteiger partial charge in [0.25, 0.3) is 0 Å². The molecule has 0 aromatic carbocycles. The molecule has 0 saturated heterocycles. The van der Waals surface area contributed by atoms with Crippen molar-refractivity contribution in [2.75, 3.05) is 12.8 Å². The topological polar surface area (TPSA) is 46.2 Å². The zero-order chi connectivity index (χ0) is 14.7. The van der Waals surface area contributed by atoms with E-state index in [1.54, 1.807) is 9.25 Å². The van der Waals surface area contributed by atoms with Crippen LogP contribution in [0.2, 0.25) is 0 Å². The molecule has 1 aliphatic rings. The molecule has 114 valence electrons. The molecule has 1 heterocycles. The van der Waals surface area contributed by atoms with Crippen LogP contribution in [0, 0.1) is 4.77 Å². The molecule has 1 saturated carbocycles. The molecule has 5 nitrogen and oxygen atoms in total. The Morgan fingerprint density at radius 2 is 2.25 bits per heavy atom.